The second-order valence-electron chi connectivity index (χ2n) is 8.08. The zero-order valence-corrected chi connectivity index (χ0v) is 16.6. The van der Waals surface area contributed by atoms with Gasteiger partial charge in [0, 0.05) is 18.0 Å². The van der Waals surface area contributed by atoms with Crippen molar-refractivity contribution in [2.45, 2.75) is 82.8 Å². The molecule has 5 heteroatoms. The Morgan fingerprint density at radius 3 is 2.56 bits per heavy atom. The molecule has 1 saturated heterocycles. The summed E-state index contributed by atoms with van der Waals surface area (Å²) in [4.78, 5) is 27.5. The number of amides is 2. The van der Waals surface area contributed by atoms with Crippen molar-refractivity contribution >= 4 is 11.8 Å². The van der Waals surface area contributed by atoms with Crippen molar-refractivity contribution in [2.24, 2.45) is 0 Å². The normalized spacial score (nSPS) is 24.4. The van der Waals surface area contributed by atoms with Crippen LogP contribution in [0, 0.1) is 0 Å². The molecule has 27 heavy (non-hydrogen) atoms. The van der Waals surface area contributed by atoms with Crippen LogP contribution < -0.4 is 10.1 Å². The molecule has 0 aromatic heterocycles. The number of benzene rings is 1. The summed E-state index contributed by atoms with van der Waals surface area (Å²) in [6, 6.07) is 7.93. The van der Waals surface area contributed by atoms with Crippen LogP contribution >= 0.6 is 0 Å². The Morgan fingerprint density at radius 1 is 1.19 bits per heavy atom. The largest absolute Gasteiger partial charge is 0.496 e. The number of ether oxygens (including phenoxy) is 1. The molecule has 0 radical (unpaired) electrons. The van der Waals surface area contributed by atoms with Crippen LogP contribution in [-0.4, -0.2) is 35.4 Å². The molecule has 2 amide bonds. The zero-order chi connectivity index (χ0) is 19.3. The Bertz CT molecular complexity index is 667. The zero-order valence-electron chi connectivity index (χ0n) is 16.6. The number of nitrogens with one attached hydrogen (secondary N) is 1. The fourth-order valence-electron chi connectivity index (χ4n) is 4.34. The van der Waals surface area contributed by atoms with Gasteiger partial charge in [-0.25, -0.2) is 0 Å². The summed E-state index contributed by atoms with van der Waals surface area (Å²) in [6.45, 7) is 2.31. The molecular weight excluding hydrogens is 340 g/mol. The lowest BCUT2D eigenvalue weighted by Crippen LogP contribution is -2.56. The predicted octanol–water partition coefficient (Wildman–Crippen LogP) is 3.81. The summed E-state index contributed by atoms with van der Waals surface area (Å²) in [5, 5.41) is 3.27. The smallest absolute Gasteiger partial charge is 0.245 e. The van der Waals surface area contributed by atoms with Crippen molar-refractivity contribution in [3.63, 3.8) is 0 Å². The molecule has 1 atom stereocenters. The number of carbonyl (C=O) groups excluding carboxylic acids is 2. The van der Waals surface area contributed by atoms with E-state index in [1.54, 1.807) is 12.0 Å². The fraction of sp³-hybridized carbons (Fsp3) is 0.636. The minimum absolute atomic E-state index is 0.00572. The van der Waals surface area contributed by atoms with Crippen LogP contribution in [0.2, 0.25) is 0 Å². The topological polar surface area (TPSA) is 58.6 Å². The average molecular weight is 373 g/mol. The SMILES string of the molecule is COc1ccccc1CN1C(=O)CC[C@]1(C)C(=O)NC1CCCCCCC1. The third-order valence-electron chi connectivity index (χ3n) is 6.17. The van der Waals surface area contributed by atoms with Gasteiger partial charge in [-0.15, -0.1) is 0 Å². The maximum absolute atomic E-state index is 13.2. The number of nitrogens with zero attached hydrogens (tertiary/aromatic N) is 1. The Balaban J connectivity index is 1.73. The molecule has 2 fully saturated rings. The van der Waals surface area contributed by atoms with Crippen LogP contribution in [0.3, 0.4) is 0 Å². The van der Waals surface area contributed by atoms with Crippen LogP contribution in [-0.2, 0) is 16.1 Å². The van der Waals surface area contributed by atoms with E-state index in [1.165, 1.54) is 32.1 Å². The van der Waals surface area contributed by atoms with Crippen LogP contribution in [0.1, 0.15) is 70.3 Å². The van der Waals surface area contributed by atoms with Gasteiger partial charge in [0.15, 0.2) is 0 Å². The van der Waals surface area contributed by atoms with Gasteiger partial charge in [-0.3, -0.25) is 9.59 Å². The van der Waals surface area contributed by atoms with E-state index in [0.29, 0.717) is 19.4 Å². The van der Waals surface area contributed by atoms with Crippen LogP contribution in [0.25, 0.3) is 0 Å². The van der Waals surface area contributed by atoms with Crippen molar-refractivity contribution in [1.82, 2.24) is 10.2 Å². The molecule has 1 heterocycles. The van der Waals surface area contributed by atoms with Crippen molar-refractivity contribution in [3.8, 4) is 5.75 Å². The van der Waals surface area contributed by atoms with Crippen LogP contribution in [0.4, 0.5) is 0 Å². The minimum Gasteiger partial charge on any atom is -0.496 e. The molecule has 3 rings (SSSR count). The van der Waals surface area contributed by atoms with Gasteiger partial charge in [0.1, 0.15) is 11.3 Å². The standard InChI is InChI=1S/C22H32N2O3/c1-22(21(26)23-18-11-6-4-3-5-7-12-18)15-14-20(25)24(22)16-17-10-8-9-13-19(17)27-2/h8-10,13,18H,3-7,11-12,14-16H2,1-2H3,(H,23,26)/t22-/m1/s1. The van der Waals surface area contributed by atoms with Gasteiger partial charge in [-0.05, 0) is 32.3 Å². The predicted molar refractivity (Wildman–Crippen MR) is 105 cm³/mol. The first kappa shape index (κ1) is 19.7. The summed E-state index contributed by atoms with van der Waals surface area (Å²) in [6.07, 6.45) is 9.23. The molecule has 1 aliphatic heterocycles. The van der Waals surface area contributed by atoms with Gasteiger partial charge in [0.05, 0.1) is 13.7 Å². The Morgan fingerprint density at radius 2 is 1.85 bits per heavy atom. The number of likely N-dealkylation sites (tertiary alicyclic amines) is 1. The highest BCUT2D eigenvalue weighted by molar-refractivity contribution is 5.94. The number of hydrogen-bond donors (Lipinski definition) is 1. The van der Waals surface area contributed by atoms with E-state index in [9.17, 15) is 9.59 Å². The highest BCUT2D eigenvalue weighted by Crippen LogP contribution is 2.34. The number of hydrogen-bond acceptors (Lipinski definition) is 3. The maximum Gasteiger partial charge on any atom is 0.245 e. The van der Waals surface area contributed by atoms with Crippen molar-refractivity contribution in [1.29, 1.82) is 0 Å². The molecule has 1 aliphatic carbocycles. The van der Waals surface area contributed by atoms with Gasteiger partial charge < -0.3 is 15.0 Å². The number of rotatable bonds is 5. The van der Waals surface area contributed by atoms with Gasteiger partial charge in [-0.2, -0.15) is 0 Å². The Hall–Kier alpha value is -2.04. The van der Waals surface area contributed by atoms with Crippen LogP contribution in [0.15, 0.2) is 24.3 Å². The monoisotopic (exact) mass is 372 g/mol. The second kappa shape index (κ2) is 8.77. The van der Waals surface area contributed by atoms with E-state index in [1.807, 2.05) is 31.2 Å². The van der Waals surface area contributed by atoms with Gasteiger partial charge >= 0.3 is 0 Å². The van der Waals surface area contributed by atoms with Gasteiger partial charge in [0.2, 0.25) is 11.8 Å². The van der Waals surface area contributed by atoms with E-state index in [2.05, 4.69) is 5.32 Å². The highest BCUT2D eigenvalue weighted by atomic mass is 16.5. The third kappa shape index (κ3) is 4.45. The first-order chi connectivity index (χ1) is 13.0. The molecule has 2 aliphatic rings. The molecule has 1 aromatic carbocycles. The number of para-hydroxylation sites is 1. The molecule has 0 bridgehead atoms. The minimum atomic E-state index is -0.791. The third-order valence-corrected chi connectivity index (χ3v) is 6.17. The van der Waals surface area contributed by atoms with E-state index in [0.717, 1.165) is 24.2 Å². The molecule has 0 spiro atoms. The summed E-state index contributed by atoms with van der Waals surface area (Å²) in [5.41, 5.74) is 0.139. The van der Waals surface area contributed by atoms with Crippen molar-refractivity contribution < 1.29 is 14.3 Å². The molecule has 0 unspecified atom stereocenters. The molecule has 148 valence electrons. The Kier molecular flexibility index (Phi) is 6.40. The maximum atomic E-state index is 13.2. The summed E-state index contributed by atoms with van der Waals surface area (Å²) in [5.74, 6) is 0.782. The van der Waals surface area contributed by atoms with E-state index < -0.39 is 5.54 Å². The highest BCUT2D eigenvalue weighted by Gasteiger charge is 2.47. The molecule has 1 saturated carbocycles. The van der Waals surface area contributed by atoms with Gasteiger partial charge in [-0.1, -0.05) is 50.3 Å². The van der Waals surface area contributed by atoms with E-state index >= 15 is 0 Å². The summed E-state index contributed by atoms with van der Waals surface area (Å²) >= 11 is 0. The average Bonchev–Trinajstić information content (AvgIpc) is 2.94. The number of carbonyl (C=O) groups is 2. The van der Waals surface area contributed by atoms with Crippen molar-refractivity contribution in [3.05, 3.63) is 29.8 Å². The second-order valence-corrected chi connectivity index (χ2v) is 8.08. The molecule has 1 aromatic rings. The number of methoxy groups -OCH3 is 1. The van der Waals surface area contributed by atoms with Crippen molar-refractivity contribution in [2.75, 3.05) is 7.11 Å². The lowest BCUT2D eigenvalue weighted by Gasteiger charge is -2.36. The lowest BCUT2D eigenvalue weighted by molar-refractivity contribution is -0.141. The van der Waals surface area contributed by atoms with Crippen LogP contribution in [0.5, 0.6) is 5.75 Å². The summed E-state index contributed by atoms with van der Waals surface area (Å²) in [7, 11) is 1.63. The van der Waals surface area contributed by atoms with E-state index in [-0.39, 0.29) is 17.9 Å². The van der Waals surface area contributed by atoms with Gasteiger partial charge in [0.25, 0.3) is 0 Å². The van der Waals surface area contributed by atoms with E-state index in [4.69, 9.17) is 4.74 Å². The first-order valence-corrected chi connectivity index (χ1v) is 10.3. The summed E-state index contributed by atoms with van der Waals surface area (Å²) < 4.78 is 5.43. The molecular formula is C22H32N2O3. The first-order valence-electron chi connectivity index (χ1n) is 10.3. The Labute approximate surface area is 162 Å². The molecule has 5 nitrogen and oxygen atoms in total. The quantitative estimate of drug-likeness (QED) is 0.855. The lowest BCUT2D eigenvalue weighted by atomic mass is 9.93. The fourth-order valence-corrected chi connectivity index (χ4v) is 4.34. The molecule has 1 N–H and O–H groups in total.